The Balaban J connectivity index is 1.87. The van der Waals surface area contributed by atoms with Crippen LogP contribution in [0.3, 0.4) is 0 Å². The maximum atomic E-state index is 12.9. The highest BCUT2D eigenvalue weighted by molar-refractivity contribution is 6.30. The Morgan fingerprint density at radius 1 is 1.15 bits per heavy atom. The maximum Gasteiger partial charge on any atom is 0.258 e. The molecule has 0 atom stereocenters. The van der Waals surface area contributed by atoms with E-state index >= 15 is 0 Å². The van der Waals surface area contributed by atoms with Crippen molar-refractivity contribution in [2.24, 2.45) is 0 Å². The second-order valence-corrected chi connectivity index (χ2v) is 7.83. The van der Waals surface area contributed by atoms with E-state index in [-0.39, 0.29) is 23.9 Å². The number of hydrogen-bond acceptors (Lipinski definition) is 3. The van der Waals surface area contributed by atoms with Crippen LogP contribution >= 0.6 is 11.6 Å². The smallest absolute Gasteiger partial charge is 0.258 e. The number of hydrogen-bond donors (Lipinski definition) is 2. The van der Waals surface area contributed by atoms with Gasteiger partial charge in [0.1, 0.15) is 11.6 Å². The van der Waals surface area contributed by atoms with Gasteiger partial charge in [0.2, 0.25) is 0 Å². The molecular formula is C21H26ClFN2O2. The summed E-state index contributed by atoms with van der Waals surface area (Å²) in [5.74, 6) is 0.216. The van der Waals surface area contributed by atoms with Crippen LogP contribution in [-0.4, -0.2) is 24.6 Å². The molecule has 2 rings (SSSR count). The van der Waals surface area contributed by atoms with Gasteiger partial charge in [-0.05, 0) is 69.6 Å². The molecule has 0 unspecified atom stereocenters. The van der Waals surface area contributed by atoms with Gasteiger partial charge in [-0.15, -0.1) is 0 Å². The van der Waals surface area contributed by atoms with Crippen molar-refractivity contribution in [3.8, 4) is 5.75 Å². The lowest BCUT2D eigenvalue weighted by Gasteiger charge is -2.21. The number of rotatable bonds is 8. The standard InChI is InChI=1S/C21H26ClFN2O2/c1-21(2,3)25-20(26)14-27-19-9-6-17(22)12-16(19)13-24-11-10-15-4-7-18(23)8-5-15/h4-9,12,24H,10-11,13-14H2,1-3H3,(H,25,26). The summed E-state index contributed by atoms with van der Waals surface area (Å²) in [6.45, 7) is 6.98. The Bertz CT molecular complexity index is 758. The van der Waals surface area contributed by atoms with Crippen LogP contribution in [0, 0.1) is 5.82 Å². The highest BCUT2D eigenvalue weighted by atomic mass is 35.5. The molecule has 6 heteroatoms. The van der Waals surface area contributed by atoms with Crippen molar-refractivity contribution in [1.29, 1.82) is 0 Å². The Kier molecular flexibility index (Phi) is 7.63. The fourth-order valence-corrected chi connectivity index (χ4v) is 2.73. The number of carbonyl (C=O) groups is 1. The van der Waals surface area contributed by atoms with Gasteiger partial charge in [0, 0.05) is 22.7 Å². The summed E-state index contributed by atoms with van der Waals surface area (Å²) >= 11 is 6.09. The van der Waals surface area contributed by atoms with E-state index in [1.54, 1.807) is 24.3 Å². The third-order valence-corrected chi connectivity index (χ3v) is 3.95. The van der Waals surface area contributed by atoms with Gasteiger partial charge in [0.25, 0.3) is 5.91 Å². The predicted octanol–water partition coefficient (Wildman–Crippen LogP) is 4.10. The van der Waals surface area contributed by atoms with Gasteiger partial charge in [-0.1, -0.05) is 23.7 Å². The van der Waals surface area contributed by atoms with Crippen LogP contribution in [0.5, 0.6) is 5.75 Å². The zero-order valence-corrected chi connectivity index (χ0v) is 16.7. The summed E-state index contributed by atoms with van der Waals surface area (Å²) in [6.07, 6.45) is 0.783. The van der Waals surface area contributed by atoms with Crippen molar-refractivity contribution < 1.29 is 13.9 Å². The monoisotopic (exact) mass is 392 g/mol. The van der Waals surface area contributed by atoms with Gasteiger partial charge in [-0.2, -0.15) is 0 Å². The van der Waals surface area contributed by atoms with Crippen molar-refractivity contribution in [3.63, 3.8) is 0 Å². The first kappa shape index (κ1) is 21.2. The zero-order chi connectivity index (χ0) is 19.9. The van der Waals surface area contributed by atoms with E-state index in [1.807, 2.05) is 26.8 Å². The summed E-state index contributed by atoms with van der Waals surface area (Å²) in [5.41, 5.74) is 1.64. The molecule has 0 fully saturated rings. The molecule has 0 aliphatic carbocycles. The van der Waals surface area contributed by atoms with Crippen molar-refractivity contribution in [2.45, 2.75) is 39.3 Å². The summed E-state index contributed by atoms with van der Waals surface area (Å²) in [5, 5.41) is 6.80. The van der Waals surface area contributed by atoms with E-state index < -0.39 is 0 Å². The minimum absolute atomic E-state index is 0.0541. The van der Waals surface area contributed by atoms with E-state index in [0.717, 1.165) is 24.1 Å². The molecule has 27 heavy (non-hydrogen) atoms. The molecule has 0 bridgehead atoms. The molecule has 0 spiro atoms. The van der Waals surface area contributed by atoms with Gasteiger partial charge in [-0.3, -0.25) is 4.79 Å². The van der Waals surface area contributed by atoms with Gasteiger partial charge in [0.05, 0.1) is 0 Å². The topological polar surface area (TPSA) is 50.4 Å². The van der Waals surface area contributed by atoms with E-state index in [9.17, 15) is 9.18 Å². The van der Waals surface area contributed by atoms with Gasteiger partial charge in [0.15, 0.2) is 6.61 Å². The molecule has 2 aromatic carbocycles. The second kappa shape index (κ2) is 9.72. The van der Waals surface area contributed by atoms with E-state index in [4.69, 9.17) is 16.3 Å². The summed E-state index contributed by atoms with van der Waals surface area (Å²) in [6, 6.07) is 11.8. The van der Waals surface area contributed by atoms with Gasteiger partial charge in [-0.25, -0.2) is 4.39 Å². The largest absolute Gasteiger partial charge is 0.483 e. The average Bonchev–Trinajstić information content (AvgIpc) is 2.58. The SMILES string of the molecule is CC(C)(C)NC(=O)COc1ccc(Cl)cc1CNCCc1ccc(F)cc1. The lowest BCUT2D eigenvalue weighted by atomic mass is 10.1. The van der Waals surface area contributed by atoms with Crippen molar-refractivity contribution in [3.05, 3.63) is 64.4 Å². The van der Waals surface area contributed by atoms with Crippen LogP contribution in [0.25, 0.3) is 0 Å². The van der Waals surface area contributed by atoms with Crippen LogP contribution in [0.1, 0.15) is 31.9 Å². The molecular weight excluding hydrogens is 367 g/mol. The summed E-state index contributed by atoms with van der Waals surface area (Å²) in [4.78, 5) is 11.9. The number of amides is 1. The minimum Gasteiger partial charge on any atom is -0.483 e. The van der Waals surface area contributed by atoms with Crippen molar-refractivity contribution in [2.75, 3.05) is 13.2 Å². The highest BCUT2D eigenvalue weighted by Crippen LogP contribution is 2.23. The number of halogens is 2. The summed E-state index contributed by atoms with van der Waals surface area (Å²) < 4.78 is 18.6. The number of nitrogens with one attached hydrogen (secondary N) is 2. The quantitative estimate of drug-likeness (QED) is 0.665. The van der Waals surface area contributed by atoms with E-state index in [1.165, 1.54) is 12.1 Å². The fourth-order valence-electron chi connectivity index (χ4n) is 2.53. The molecule has 2 aromatic rings. The predicted molar refractivity (Wildman–Crippen MR) is 107 cm³/mol. The Morgan fingerprint density at radius 2 is 1.85 bits per heavy atom. The van der Waals surface area contributed by atoms with Crippen molar-refractivity contribution in [1.82, 2.24) is 10.6 Å². The Morgan fingerprint density at radius 3 is 2.52 bits per heavy atom. The molecule has 4 nitrogen and oxygen atoms in total. The van der Waals surface area contributed by atoms with Crippen LogP contribution in [0.4, 0.5) is 4.39 Å². The lowest BCUT2D eigenvalue weighted by Crippen LogP contribution is -2.43. The lowest BCUT2D eigenvalue weighted by molar-refractivity contribution is -0.124. The third-order valence-electron chi connectivity index (χ3n) is 3.71. The maximum absolute atomic E-state index is 12.9. The third kappa shape index (κ3) is 7.97. The summed E-state index contributed by atoms with van der Waals surface area (Å²) in [7, 11) is 0. The molecule has 0 saturated carbocycles. The first-order valence-electron chi connectivity index (χ1n) is 8.90. The number of carbonyl (C=O) groups excluding carboxylic acids is 1. The molecule has 0 radical (unpaired) electrons. The van der Waals surface area contributed by atoms with Crippen LogP contribution in [0.15, 0.2) is 42.5 Å². The molecule has 1 amide bonds. The zero-order valence-electron chi connectivity index (χ0n) is 15.9. The van der Waals surface area contributed by atoms with Crippen LogP contribution < -0.4 is 15.4 Å². The van der Waals surface area contributed by atoms with Crippen LogP contribution in [-0.2, 0) is 17.8 Å². The van der Waals surface area contributed by atoms with E-state index in [2.05, 4.69) is 10.6 Å². The first-order chi connectivity index (χ1) is 12.7. The van der Waals surface area contributed by atoms with Crippen molar-refractivity contribution >= 4 is 17.5 Å². The average molecular weight is 393 g/mol. The second-order valence-electron chi connectivity index (χ2n) is 7.39. The van der Waals surface area contributed by atoms with E-state index in [0.29, 0.717) is 17.3 Å². The molecule has 0 aliphatic rings. The van der Waals surface area contributed by atoms with Gasteiger partial charge < -0.3 is 15.4 Å². The molecule has 0 aromatic heterocycles. The Hall–Kier alpha value is -2.11. The molecule has 0 aliphatic heterocycles. The molecule has 0 saturated heterocycles. The Labute approximate surface area is 165 Å². The number of benzene rings is 2. The highest BCUT2D eigenvalue weighted by Gasteiger charge is 2.14. The molecule has 146 valence electrons. The molecule has 2 N–H and O–H groups in total. The fraction of sp³-hybridized carbons (Fsp3) is 0.381. The number of ether oxygens (including phenoxy) is 1. The molecule has 0 heterocycles. The minimum atomic E-state index is -0.300. The van der Waals surface area contributed by atoms with Crippen LogP contribution in [0.2, 0.25) is 5.02 Å². The van der Waals surface area contributed by atoms with Gasteiger partial charge >= 0.3 is 0 Å². The first-order valence-corrected chi connectivity index (χ1v) is 9.28. The normalized spacial score (nSPS) is 11.3.